The van der Waals surface area contributed by atoms with Crippen LogP contribution in [-0.2, 0) is 10.1 Å². The van der Waals surface area contributed by atoms with E-state index in [0.717, 1.165) is 0 Å². The van der Waals surface area contributed by atoms with Crippen LogP contribution in [0.4, 0.5) is 13.2 Å². The molecule has 0 aromatic heterocycles. The van der Waals surface area contributed by atoms with Gasteiger partial charge in [-0.05, 0) is 19.6 Å². The zero-order valence-electron chi connectivity index (χ0n) is 7.25. The van der Waals surface area contributed by atoms with E-state index in [0.29, 0.717) is 0 Å². The lowest BCUT2D eigenvalue weighted by Crippen LogP contribution is -2.21. The highest BCUT2D eigenvalue weighted by Crippen LogP contribution is 2.20. The van der Waals surface area contributed by atoms with Crippen LogP contribution in [0.25, 0.3) is 0 Å². The first-order valence-corrected chi connectivity index (χ1v) is 7.90. The van der Waals surface area contributed by atoms with E-state index in [1.54, 1.807) is 0 Å². The molecule has 4 nitrogen and oxygen atoms in total. The molecule has 0 aliphatic rings. The Balaban J connectivity index is 0. The predicted octanol–water partition coefficient (Wildman–Crippen LogP) is 1.21. The van der Waals surface area contributed by atoms with Gasteiger partial charge in [0, 0.05) is 0 Å². The van der Waals surface area contributed by atoms with E-state index in [2.05, 4.69) is 0 Å². The molecule has 0 aromatic rings. The maximum Gasteiger partial charge on any atom is 0.522 e. The molecular weight excluding hydrogens is 229 g/mol. The molecule has 0 aliphatic carbocycles. The van der Waals surface area contributed by atoms with Crippen LogP contribution < -0.4 is 0 Å². The van der Waals surface area contributed by atoms with Gasteiger partial charge in [0.1, 0.15) is 0 Å². The van der Waals surface area contributed by atoms with Crippen LogP contribution in [0.15, 0.2) is 0 Å². The molecule has 9 heteroatoms. The second kappa shape index (κ2) is 4.40. The Morgan fingerprint density at radius 1 is 1.15 bits per heavy atom. The fourth-order valence-electron chi connectivity index (χ4n) is 0. The van der Waals surface area contributed by atoms with Crippen molar-refractivity contribution in [3.05, 3.63) is 0 Å². The molecule has 0 atom stereocenters. The van der Waals surface area contributed by atoms with Gasteiger partial charge in [0.05, 0.1) is 0 Å². The van der Waals surface area contributed by atoms with Gasteiger partial charge in [-0.25, -0.2) is 0 Å². The molecule has 0 heterocycles. The standard InChI is InChI=1S/C3H10OSi.CHF3O3S/c1-5(2,3)4;2-1(3,4)8(5,6)7/h4H,1-3H3;(H,5,6,7). The molecule has 0 bridgehead atoms. The Hall–Kier alpha value is -0.123. The molecule has 0 saturated heterocycles. The average molecular weight is 240 g/mol. The molecule has 0 amide bonds. The first kappa shape index (κ1) is 15.4. The van der Waals surface area contributed by atoms with Crippen molar-refractivity contribution >= 4 is 18.4 Å². The lowest BCUT2D eigenvalue weighted by molar-refractivity contribution is -0.0510. The predicted molar refractivity (Wildman–Crippen MR) is 43.2 cm³/mol. The largest absolute Gasteiger partial charge is 0.522 e. The lowest BCUT2D eigenvalue weighted by Gasteiger charge is -2.00. The minimum absolute atomic E-state index is 1.61. The number of alkyl halides is 3. The van der Waals surface area contributed by atoms with Gasteiger partial charge in [-0.1, -0.05) is 0 Å². The zero-order chi connectivity index (χ0) is 11.5. The van der Waals surface area contributed by atoms with Crippen LogP contribution in [0, 0.1) is 0 Å². The number of halogens is 3. The molecule has 0 aromatic carbocycles. The first-order chi connectivity index (χ1) is 5.25. The third-order valence-corrected chi connectivity index (χ3v) is 0.877. The molecule has 0 aliphatic heterocycles. The van der Waals surface area contributed by atoms with Crippen molar-refractivity contribution in [2.75, 3.05) is 0 Å². The molecule has 0 rings (SSSR count). The number of hydrogen-bond acceptors (Lipinski definition) is 3. The maximum absolute atomic E-state index is 10.7. The highest BCUT2D eigenvalue weighted by atomic mass is 32.2. The second-order valence-corrected chi connectivity index (χ2v) is 8.85. The van der Waals surface area contributed by atoms with Crippen molar-refractivity contribution in [2.24, 2.45) is 0 Å². The third kappa shape index (κ3) is 14.7. The quantitative estimate of drug-likeness (QED) is 0.379. The minimum Gasteiger partial charge on any atom is -0.433 e. The summed E-state index contributed by atoms with van der Waals surface area (Å²) >= 11 is 0. The smallest absolute Gasteiger partial charge is 0.433 e. The van der Waals surface area contributed by atoms with Crippen molar-refractivity contribution in [1.82, 2.24) is 0 Å². The zero-order valence-corrected chi connectivity index (χ0v) is 9.07. The van der Waals surface area contributed by atoms with E-state index < -0.39 is 23.9 Å². The van der Waals surface area contributed by atoms with E-state index in [1.165, 1.54) is 0 Å². The van der Waals surface area contributed by atoms with Gasteiger partial charge in [0.25, 0.3) is 0 Å². The first-order valence-electron chi connectivity index (χ1n) is 3.01. The number of rotatable bonds is 0. The maximum atomic E-state index is 10.7. The number of hydrogen-bond donors (Lipinski definition) is 2. The van der Waals surface area contributed by atoms with Gasteiger partial charge in [-0.2, -0.15) is 21.6 Å². The summed E-state index contributed by atoms with van der Waals surface area (Å²) in [7, 11) is -7.45. The molecule has 0 fully saturated rings. The molecule has 0 unspecified atom stereocenters. The average Bonchev–Trinajstić information content (AvgIpc) is 1.50. The van der Waals surface area contributed by atoms with Crippen LogP contribution in [0.5, 0.6) is 0 Å². The van der Waals surface area contributed by atoms with Crippen LogP contribution in [0.1, 0.15) is 0 Å². The molecular formula is C4H11F3O4SSi. The van der Waals surface area contributed by atoms with E-state index in [1.807, 2.05) is 19.6 Å². The Morgan fingerprint density at radius 3 is 1.23 bits per heavy atom. The van der Waals surface area contributed by atoms with Crippen molar-refractivity contribution < 1.29 is 30.9 Å². The SMILES string of the molecule is C[Si](C)(C)O.O=S(=O)(O)C(F)(F)F. The third-order valence-electron chi connectivity index (χ3n) is 0.292. The summed E-state index contributed by atoms with van der Waals surface area (Å²) in [5.74, 6) is 0. The molecule has 82 valence electrons. The molecule has 0 saturated carbocycles. The van der Waals surface area contributed by atoms with Crippen molar-refractivity contribution in [1.29, 1.82) is 0 Å². The van der Waals surface area contributed by atoms with E-state index in [9.17, 15) is 13.2 Å². The van der Waals surface area contributed by atoms with Crippen LogP contribution >= 0.6 is 0 Å². The van der Waals surface area contributed by atoms with Gasteiger partial charge in [0.2, 0.25) is 0 Å². The fraction of sp³-hybridized carbons (Fsp3) is 1.00. The van der Waals surface area contributed by atoms with Crippen molar-refractivity contribution in [2.45, 2.75) is 25.1 Å². The van der Waals surface area contributed by atoms with E-state index in [-0.39, 0.29) is 0 Å². The summed E-state index contributed by atoms with van der Waals surface area (Å²) in [6.07, 6.45) is 0. The summed E-state index contributed by atoms with van der Waals surface area (Å²) in [6.45, 7) is 5.65. The second-order valence-electron chi connectivity index (χ2n) is 3.09. The molecule has 0 radical (unpaired) electrons. The Labute approximate surface area is 75.3 Å². The van der Waals surface area contributed by atoms with Gasteiger partial charge in [-0.3, -0.25) is 4.55 Å². The van der Waals surface area contributed by atoms with Crippen molar-refractivity contribution in [3.63, 3.8) is 0 Å². The van der Waals surface area contributed by atoms with Gasteiger partial charge in [-0.15, -0.1) is 0 Å². The Bertz CT molecular complexity index is 233. The van der Waals surface area contributed by atoms with Crippen LogP contribution in [-0.4, -0.2) is 31.6 Å². The van der Waals surface area contributed by atoms with Crippen molar-refractivity contribution in [3.8, 4) is 0 Å². The normalized spacial score (nSPS) is 13.2. The van der Waals surface area contributed by atoms with Crippen LogP contribution in [0.2, 0.25) is 19.6 Å². The van der Waals surface area contributed by atoms with E-state index in [4.69, 9.17) is 17.8 Å². The van der Waals surface area contributed by atoms with Gasteiger partial charge in [0.15, 0.2) is 8.32 Å². The highest BCUT2D eigenvalue weighted by Gasteiger charge is 2.44. The molecule has 0 spiro atoms. The summed E-state index contributed by atoms with van der Waals surface area (Å²) in [5, 5.41) is 0. The topological polar surface area (TPSA) is 74.6 Å². The summed E-state index contributed by atoms with van der Waals surface area (Å²) in [4.78, 5) is 8.66. The Morgan fingerprint density at radius 2 is 1.23 bits per heavy atom. The monoisotopic (exact) mass is 240 g/mol. The summed E-state index contributed by atoms with van der Waals surface area (Å²) in [5.41, 5.74) is -5.53. The summed E-state index contributed by atoms with van der Waals surface area (Å²) < 4.78 is 57.5. The van der Waals surface area contributed by atoms with Crippen LogP contribution in [0.3, 0.4) is 0 Å². The minimum atomic E-state index is -5.84. The van der Waals surface area contributed by atoms with Gasteiger partial charge < -0.3 is 4.80 Å². The van der Waals surface area contributed by atoms with Gasteiger partial charge >= 0.3 is 15.6 Å². The fourth-order valence-corrected chi connectivity index (χ4v) is 0. The molecule has 13 heavy (non-hydrogen) atoms. The molecule has 2 N–H and O–H groups in total. The summed E-state index contributed by atoms with van der Waals surface area (Å²) in [6, 6.07) is 0. The Kier molecular flexibility index (Phi) is 5.19. The highest BCUT2D eigenvalue weighted by molar-refractivity contribution is 7.86. The lowest BCUT2D eigenvalue weighted by atomic mass is 11.6. The van der Waals surface area contributed by atoms with E-state index >= 15 is 0 Å².